The van der Waals surface area contributed by atoms with Gasteiger partial charge in [-0.3, -0.25) is 0 Å². The molecule has 0 N–H and O–H groups in total. The second-order valence-corrected chi connectivity index (χ2v) is 9.54. The topological polar surface area (TPSA) is 85.4 Å². The fraction of sp³-hybridized carbons (Fsp3) is 0.609. The van der Waals surface area contributed by atoms with Gasteiger partial charge in [-0.05, 0) is 60.1 Å². The first-order valence-electron chi connectivity index (χ1n) is 10.6. The molecule has 1 unspecified atom stereocenters. The highest BCUT2D eigenvalue weighted by Crippen LogP contribution is 2.20. The van der Waals surface area contributed by atoms with E-state index >= 15 is 0 Å². The van der Waals surface area contributed by atoms with Crippen LogP contribution < -0.4 is 0 Å². The molecular formula is C23H34N2O6. The van der Waals surface area contributed by atoms with E-state index in [0.29, 0.717) is 31.7 Å². The number of hydrogen-bond donors (Lipinski definition) is 0. The first kappa shape index (κ1) is 24.7. The van der Waals surface area contributed by atoms with Gasteiger partial charge in [-0.2, -0.15) is 0 Å². The highest BCUT2D eigenvalue weighted by atomic mass is 16.6. The van der Waals surface area contributed by atoms with Crippen LogP contribution >= 0.6 is 0 Å². The molecular weight excluding hydrogens is 400 g/mol. The minimum absolute atomic E-state index is 0.252. The molecule has 1 aromatic carbocycles. The van der Waals surface area contributed by atoms with Gasteiger partial charge in [0.2, 0.25) is 0 Å². The number of rotatable bonds is 5. The van der Waals surface area contributed by atoms with Crippen molar-refractivity contribution in [2.75, 3.05) is 26.2 Å². The lowest BCUT2D eigenvalue weighted by Gasteiger charge is -2.32. The molecule has 0 aromatic heterocycles. The van der Waals surface area contributed by atoms with Gasteiger partial charge >= 0.3 is 18.2 Å². The van der Waals surface area contributed by atoms with E-state index in [1.807, 2.05) is 41.5 Å². The molecule has 8 nitrogen and oxygen atoms in total. The fourth-order valence-electron chi connectivity index (χ4n) is 3.13. The van der Waals surface area contributed by atoms with Crippen LogP contribution in [-0.4, -0.2) is 71.4 Å². The largest absolute Gasteiger partial charge is 0.444 e. The Balaban J connectivity index is 2.00. The van der Waals surface area contributed by atoms with E-state index in [2.05, 4.69) is 0 Å². The third kappa shape index (κ3) is 8.20. The van der Waals surface area contributed by atoms with Crippen LogP contribution in [0.1, 0.15) is 58.3 Å². The molecule has 0 spiro atoms. The number of amides is 2. The molecule has 0 saturated carbocycles. The Morgan fingerprint density at radius 1 is 1.03 bits per heavy atom. The van der Waals surface area contributed by atoms with Crippen LogP contribution in [0, 0.1) is 0 Å². The van der Waals surface area contributed by atoms with E-state index in [-0.39, 0.29) is 18.2 Å². The van der Waals surface area contributed by atoms with Crippen LogP contribution in [0.5, 0.6) is 0 Å². The molecule has 1 fully saturated rings. The van der Waals surface area contributed by atoms with E-state index in [9.17, 15) is 14.4 Å². The molecule has 0 aliphatic carbocycles. The molecule has 1 aliphatic rings. The maximum atomic E-state index is 12.8. The molecule has 1 heterocycles. The molecule has 0 bridgehead atoms. The highest BCUT2D eigenvalue weighted by molar-refractivity contribution is 5.96. The normalized spacial score (nSPS) is 16.7. The standard InChI is InChI=1S/C23H34N2O6/c1-22(2,3)29-15-14-25(21(28)31-23(4,5)6)18-12-13-24(16-18)20(27)30-19(26)17-10-8-7-9-11-17/h7-11,18H,12-16H2,1-6H3. The first-order chi connectivity index (χ1) is 14.4. The number of ether oxygens (including phenoxy) is 3. The van der Waals surface area contributed by atoms with Gasteiger partial charge in [0, 0.05) is 19.6 Å². The van der Waals surface area contributed by atoms with Crippen molar-refractivity contribution in [3.8, 4) is 0 Å². The van der Waals surface area contributed by atoms with Gasteiger partial charge in [-0.15, -0.1) is 0 Å². The van der Waals surface area contributed by atoms with E-state index in [1.165, 1.54) is 4.90 Å². The van der Waals surface area contributed by atoms with Gasteiger partial charge in [0.15, 0.2) is 0 Å². The van der Waals surface area contributed by atoms with Gasteiger partial charge in [0.25, 0.3) is 0 Å². The smallest absolute Gasteiger partial charge is 0.417 e. The number of carbonyl (C=O) groups is 3. The molecule has 31 heavy (non-hydrogen) atoms. The van der Waals surface area contributed by atoms with E-state index in [1.54, 1.807) is 35.2 Å². The Kier molecular flexibility index (Phi) is 8.06. The fourth-order valence-corrected chi connectivity index (χ4v) is 3.13. The average molecular weight is 435 g/mol. The number of nitrogens with zero attached hydrogens (tertiary/aromatic N) is 2. The monoisotopic (exact) mass is 434 g/mol. The number of hydrogen-bond acceptors (Lipinski definition) is 6. The first-order valence-corrected chi connectivity index (χ1v) is 10.6. The van der Waals surface area contributed by atoms with Crippen molar-refractivity contribution in [2.24, 2.45) is 0 Å². The zero-order valence-electron chi connectivity index (χ0n) is 19.3. The van der Waals surface area contributed by atoms with Crippen LogP contribution in [-0.2, 0) is 14.2 Å². The predicted octanol–water partition coefficient (Wildman–Crippen LogP) is 4.09. The van der Waals surface area contributed by atoms with Gasteiger partial charge in [-0.25, -0.2) is 14.4 Å². The van der Waals surface area contributed by atoms with Crippen molar-refractivity contribution in [2.45, 2.75) is 65.2 Å². The van der Waals surface area contributed by atoms with Crippen molar-refractivity contribution in [1.82, 2.24) is 9.80 Å². The number of likely N-dealkylation sites (tertiary alicyclic amines) is 1. The van der Waals surface area contributed by atoms with Crippen molar-refractivity contribution in [3.63, 3.8) is 0 Å². The van der Waals surface area contributed by atoms with Crippen molar-refractivity contribution in [1.29, 1.82) is 0 Å². The van der Waals surface area contributed by atoms with Crippen LogP contribution in [0.25, 0.3) is 0 Å². The summed E-state index contributed by atoms with van der Waals surface area (Å²) in [5.74, 6) is -0.698. The van der Waals surface area contributed by atoms with Crippen LogP contribution in [0.15, 0.2) is 30.3 Å². The third-order valence-corrected chi connectivity index (χ3v) is 4.55. The summed E-state index contributed by atoms with van der Waals surface area (Å²) >= 11 is 0. The van der Waals surface area contributed by atoms with E-state index in [4.69, 9.17) is 14.2 Å². The number of esters is 1. The van der Waals surface area contributed by atoms with Gasteiger partial charge in [0.05, 0.1) is 23.8 Å². The summed E-state index contributed by atoms with van der Waals surface area (Å²) in [4.78, 5) is 40.5. The molecule has 8 heteroatoms. The number of carbonyl (C=O) groups excluding carboxylic acids is 3. The predicted molar refractivity (Wildman–Crippen MR) is 116 cm³/mol. The average Bonchev–Trinajstić information content (AvgIpc) is 3.13. The van der Waals surface area contributed by atoms with Crippen molar-refractivity contribution in [3.05, 3.63) is 35.9 Å². The molecule has 1 aromatic rings. The Morgan fingerprint density at radius 3 is 2.26 bits per heavy atom. The molecule has 172 valence electrons. The van der Waals surface area contributed by atoms with Gasteiger partial charge in [0.1, 0.15) is 5.60 Å². The SMILES string of the molecule is CC(C)(C)OCCN(C(=O)OC(C)(C)C)C1CCN(C(=O)OC(=O)c2ccccc2)C1. The molecule has 2 amide bonds. The Hall–Kier alpha value is -2.61. The van der Waals surface area contributed by atoms with E-state index in [0.717, 1.165) is 0 Å². The van der Waals surface area contributed by atoms with Gasteiger partial charge < -0.3 is 24.0 Å². The summed E-state index contributed by atoms with van der Waals surface area (Å²) in [6.45, 7) is 12.6. The van der Waals surface area contributed by atoms with Crippen molar-refractivity contribution < 1.29 is 28.6 Å². The Morgan fingerprint density at radius 2 is 1.68 bits per heavy atom. The van der Waals surface area contributed by atoms with E-state index < -0.39 is 23.8 Å². The van der Waals surface area contributed by atoms with Gasteiger partial charge in [-0.1, -0.05) is 18.2 Å². The summed E-state index contributed by atoms with van der Waals surface area (Å²) in [5.41, 5.74) is -0.663. The van der Waals surface area contributed by atoms with Crippen LogP contribution in [0.4, 0.5) is 9.59 Å². The minimum atomic E-state index is -0.716. The van der Waals surface area contributed by atoms with Crippen LogP contribution in [0.3, 0.4) is 0 Å². The summed E-state index contributed by atoms with van der Waals surface area (Å²) < 4.78 is 16.3. The lowest BCUT2D eigenvalue weighted by molar-refractivity contribution is -0.0266. The summed E-state index contributed by atoms with van der Waals surface area (Å²) in [7, 11) is 0. The summed E-state index contributed by atoms with van der Waals surface area (Å²) in [5, 5.41) is 0. The van der Waals surface area contributed by atoms with Crippen LogP contribution in [0.2, 0.25) is 0 Å². The lowest BCUT2D eigenvalue weighted by atomic mass is 10.2. The zero-order valence-corrected chi connectivity index (χ0v) is 19.3. The molecule has 0 radical (unpaired) electrons. The Bertz CT molecular complexity index is 767. The zero-order chi connectivity index (χ0) is 23.2. The third-order valence-electron chi connectivity index (χ3n) is 4.55. The molecule has 1 saturated heterocycles. The second-order valence-electron chi connectivity index (χ2n) is 9.54. The number of benzene rings is 1. The molecule has 1 atom stereocenters. The lowest BCUT2D eigenvalue weighted by Crippen LogP contribution is -2.47. The minimum Gasteiger partial charge on any atom is -0.444 e. The maximum Gasteiger partial charge on any atom is 0.417 e. The maximum absolute atomic E-state index is 12.8. The quantitative estimate of drug-likeness (QED) is 0.513. The summed E-state index contributed by atoms with van der Waals surface area (Å²) in [6, 6.07) is 8.09. The second kappa shape index (κ2) is 10.1. The summed E-state index contributed by atoms with van der Waals surface area (Å²) in [6.07, 6.45) is -0.611. The highest BCUT2D eigenvalue weighted by Gasteiger charge is 2.36. The molecule has 2 rings (SSSR count). The molecule has 1 aliphatic heterocycles. The Labute approximate surface area is 184 Å². The van der Waals surface area contributed by atoms with Crippen molar-refractivity contribution >= 4 is 18.2 Å².